The molecule has 3 saturated carbocycles. The number of hydrogen-bond acceptors (Lipinski definition) is 0. The zero-order valence-corrected chi connectivity index (χ0v) is 16.9. The molecule has 0 radical (unpaired) electrons. The summed E-state index contributed by atoms with van der Waals surface area (Å²) >= 11 is 0. The Morgan fingerprint density at radius 2 is 1.11 bits per heavy atom. The number of hydrogen-bond donors (Lipinski definition) is 0. The summed E-state index contributed by atoms with van der Waals surface area (Å²) in [6, 6.07) is 0. The first-order valence-electron chi connectivity index (χ1n) is 11.5. The van der Waals surface area contributed by atoms with Crippen molar-refractivity contribution in [2.75, 3.05) is 0 Å². The van der Waals surface area contributed by atoms with Crippen LogP contribution in [0.5, 0.6) is 0 Å². The second-order valence-electron chi connectivity index (χ2n) is 9.80. The molecule has 5 atom stereocenters. The molecule has 27 heavy (non-hydrogen) atoms. The Morgan fingerprint density at radius 1 is 0.556 bits per heavy atom. The van der Waals surface area contributed by atoms with Gasteiger partial charge in [-0.15, -0.1) is 0 Å². The third kappa shape index (κ3) is 5.63. The third-order valence-corrected chi connectivity index (χ3v) is 7.88. The van der Waals surface area contributed by atoms with Gasteiger partial charge in [-0.05, 0) is 62.2 Å². The van der Waals surface area contributed by atoms with E-state index in [4.69, 9.17) is 0 Å². The highest BCUT2D eigenvalue weighted by Gasteiger charge is 2.45. The van der Waals surface area contributed by atoms with E-state index < -0.39 is 30.6 Å². The SMILES string of the molecule is CCCC1CCC(CCC2CC(F)C(C3CCC(F)C(F)C3)C(F)C2)CC1. The molecule has 3 fully saturated rings. The molecule has 4 heteroatoms. The van der Waals surface area contributed by atoms with E-state index in [1.807, 2.05) is 0 Å². The van der Waals surface area contributed by atoms with Crippen LogP contribution in [0.15, 0.2) is 0 Å². The minimum absolute atomic E-state index is 0.00165. The van der Waals surface area contributed by atoms with Crippen LogP contribution in [0, 0.1) is 29.6 Å². The van der Waals surface area contributed by atoms with Crippen molar-refractivity contribution in [2.24, 2.45) is 29.6 Å². The minimum Gasteiger partial charge on any atom is -0.247 e. The Balaban J connectivity index is 1.42. The van der Waals surface area contributed by atoms with E-state index >= 15 is 0 Å². The lowest BCUT2D eigenvalue weighted by molar-refractivity contribution is -0.0274. The van der Waals surface area contributed by atoms with Crippen LogP contribution in [-0.4, -0.2) is 24.7 Å². The van der Waals surface area contributed by atoms with Crippen LogP contribution < -0.4 is 0 Å². The zero-order chi connectivity index (χ0) is 19.4. The molecule has 0 aliphatic heterocycles. The highest BCUT2D eigenvalue weighted by Crippen LogP contribution is 2.45. The fourth-order valence-corrected chi connectivity index (χ4v) is 6.25. The molecule has 0 nitrogen and oxygen atoms in total. The van der Waals surface area contributed by atoms with Gasteiger partial charge in [0.05, 0.1) is 0 Å². The molecule has 0 aromatic heterocycles. The first kappa shape index (κ1) is 21.4. The highest BCUT2D eigenvalue weighted by atomic mass is 19.2. The smallest absolute Gasteiger partial charge is 0.131 e. The van der Waals surface area contributed by atoms with Gasteiger partial charge in [-0.25, -0.2) is 17.6 Å². The van der Waals surface area contributed by atoms with Crippen molar-refractivity contribution in [1.82, 2.24) is 0 Å². The fraction of sp³-hybridized carbons (Fsp3) is 1.00. The average molecular weight is 391 g/mol. The van der Waals surface area contributed by atoms with Gasteiger partial charge >= 0.3 is 0 Å². The molecule has 0 heterocycles. The predicted octanol–water partition coefficient (Wildman–Crippen LogP) is 7.55. The topological polar surface area (TPSA) is 0 Å². The van der Waals surface area contributed by atoms with Crippen LogP contribution in [-0.2, 0) is 0 Å². The van der Waals surface area contributed by atoms with E-state index in [1.165, 1.54) is 38.5 Å². The summed E-state index contributed by atoms with van der Waals surface area (Å²) in [5, 5.41) is 0. The minimum atomic E-state index is -1.54. The lowest BCUT2D eigenvalue weighted by Gasteiger charge is -2.42. The van der Waals surface area contributed by atoms with Crippen molar-refractivity contribution in [2.45, 2.75) is 115 Å². The quantitative estimate of drug-likeness (QED) is 0.411. The van der Waals surface area contributed by atoms with Gasteiger partial charge in [0.25, 0.3) is 0 Å². The summed E-state index contributed by atoms with van der Waals surface area (Å²) in [4.78, 5) is 0. The van der Waals surface area contributed by atoms with Crippen LogP contribution in [0.2, 0.25) is 0 Å². The van der Waals surface area contributed by atoms with Crippen molar-refractivity contribution in [3.63, 3.8) is 0 Å². The first-order valence-corrected chi connectivity index (χ1v) is 11.5. The van der Waals surface area contributed by atoms with Gasteiger partial charge in [0.1, 0.15) is 24.7 Å². The third-order valence-electron chi connectivity index (χ3n) is 7.88. The van der Waals surface area contributed by atoms with E-state index in [9.17, 15) is 17.6 Å². The van der Waals surface area contributed by atoms with Gasteiger partial charge in [0.15, 0.2) is 0 Å². The molecule has 0 N–H and O–H groups in total. The van der Waals surface area contributed by atoms with Gasteiger partial charge in [-0.2, -0.15) is 0 Å². The maximum Gasteiger partial charge on any atom is 0.131 e. The maximum atomic E-state index is 14.8. The molecule has 0 saturated heterocycles. The van der Waals surface area contributed by atoms with Gasteiger partial charge in [-0.1, -0.05) is 51.9 Å². The standard InChI is InChI=1S/C23H38F4/c1-2-3-15-4-6-16(7-5-15)8-9-17-12-21(26)23(22(27)13-17)18-10-11-19(24)20(25)14-18/h15-23H,2-14H2,1H3. The molecule has 158 valence electrons. The van der Waals surface area contributed by atoms with Crippen molar-refractivity contribution in [3.05, 3.63) is 0 Å². The second kappa shape index (κ2) is 9.96. The molecule has 3 rings (SSSR count). The van der Waals surface area contributed by atoms with Crippen molar-refractivity contribution >= 4 is 0 Å². The predicted molar refractivity (Wildman–Crippen MR) is 103 cm³/mol. The van der Waals surface area contributed by atoms with Crippen molar-refractivity contribution in [3.8, 4) is 0 Å². The summed E-state index contributed by atoms with van der Waals surface area (Å²) in [5.41, 5.74) is 0. The second-order valence-corrected chi connectivity index (χ2v) is 9.80. The Bertz CT molecular complexity index is 422. The normalized spacial score (nSPS) is 46.3. The Kier molecular flexibility index (Phi) is 7.91. The molecular formula is C23H38F4. The summed E-state index contributed by atoms with van der Waals surface area (Å²) < 4.78 is 56.7. The van der Waals surface area contributed by atoms with E-state index in [0.717, 1.165) is 24.7 Å². The Morgan fingerprint density at radius 3 is 1.67 bits per heavy atom. The Hall–Kier alpha value is -0.280. The molecule has 0 bridgehead atoms. The lowest BCUT2D eigenvalue weighted by Crippen LogP contribution is -2.43. The van der Waals surface area contributed by atoms with Gasteiger partial charge < -0.3 is 0 Å². The number of rotatable bonds is 6. The fourth-order valence-electron chi connectivity index (χ4n) is 6.25. The van der Waals surface area contributed by atoms with Crippen LogP contribution >= 0.6 is 0 Å². The molecule has 3 aliphatic rings. The van der Waals surface area contributed by atoms with E-state index in [0.29, 0.717) is 19.3 Å². The monoisotopic (exact) mass is 390 g/mol. The van der Waals surface area contributed by atoms with E-state index in [-0.39, 0.29) is 24.7 Å². The van der Waals surface area contributed by atoms with Gasteiger partial charge in [0.2, 0.25) is 0 Å². The van der Waals surface area contributed by atoms with Gasteiger partial charge in [0, 0.05) is 5.92 Å². The van der Waals surface area contributed by atoms with Crippen LogP contribution in [0.1, 0.15) is 90.4 Å². The summed E-state index contributed by atoms with van der Waals surface area (Å²) in [6.07, 6.45) is 5.88. The van der Waals surface area contributed by atoms with Crippen LogP contribution in [0.25, 0.3) is 0 Å². The summed E-state index contributed by atoms with van der Waals surface area (Å²) in [7, 11) is 0. The highest BCUT2D eigenvalue weighted by molar-refractivity contribution is 4.94. The summed E-state index contributed by atoms with van der Waals surface area (Å²) in [6.45, 7) is 2.25. The molecule has 5 unspecified atom stereocenters. The lowest BCUT2D eigenvalue weighted by atomic mass is 9.67. The van der Waals surface area contributed by atoms with E-state index in [1.54, 1.807) is 0 Å². The number of halogens is 4. The molecular weight excluding hydrogens is 352 g/mol. The molecule has 0 spiro atoms. The zero-order valence-electron chi connectivity index (χ0n) is 16.9. The maximum absolute atomic E-state index is 14.8. The van der Waals surface area contributed by atoms with Crippen LogP contribution in [0.4, 0.5) is 17.6 Å². The average Bonchev–Trinajstić information content (AvgIpc) is 2.64. The molecule has 0 amide bonds. The molecule has 3 aliphatic carbocycles. The van der Waals surface area contributed by atoms with Crippen molar-refractivity contribution in [1.29, 1.82) is 0 Å². The first-order chi connectivity index (χ1) is 13.0. The van der Waals surface area contributed by atoms with Crippen molar-refractivity contribution < 1.29 is 17.6 Å². The largest absolute Gasteiger partial charge is 0.247 e. The number of alkyl halides is 4. The Labute approximate surface area is 162 Å². The summed E-state index contributed by atoms with van der Waals surface area (Å²) in [5.74, 6) is 0.714. The van der Waals surface area contributed by atoms with Crippen LogP contribution in [0.3, 0.4) is 0 Å². The molecule has 0 aromatic rings. The molecule has 0 aromatic carbocycles. The van der Waals surface area contributed by atoms with E-state index in [2.05, 4.69) is 6.92 Å². The van der Waals surface area contributed by atoms with Gasteiger partial charge in [-0.3, -0.25) is 0 Å².